The van der Waals surface area contributed by atoms with Crippen molar-refractivity contribution in [3.8, 4) is 0 Å². The Hall–Kier alpha value is -2.31. The quantitative estimate of drug-likeness (QED) is 0.769. The van der Waals surface area contributed by atoms with Crippen LogP contribution in [0.25, 0.3) is 11.2 Å². The molecule has 0 bridgehead atoms. The van der Waals surface area contributed by atoms with Gasteiger partial charge in [0.25, 0.3) is 0 Å². The Bertz CT molecular complexity index is 727. The van der Waals surface area contributed by atoms with Gasteiger partial charge in [0.1, 0.15) is 11.3 Å². The number of H-pyrrole nitrogens is 1. The van der Waals surface area contributed by atoms with Crippen molar-refractivity contribution < 1.29 is 0 Å². The van der Waals surface area contributed by atoms with Crippen molar-refractivity contribution in [1.82, 2.24) is 35.2 Å². The molecule has 3 aromatic rings. The summed E-state index contributed by atoms with van der Waals surface area (Å²) >= 11 is 0. The third-order valence-electron chi connectivity index (χ3n) is 3.47. The SMILES string of the molecule is CCc1nc2c(C)cc(CCc3nn[nH]n3)nc2n1C. The summed E-state index contributed by atoms with van der Waals surface area (Å²) < 4.78 is 2.07. The number of pyridine rings is 1. The molecule has 0 saturated heterocycles. The minimum Gasteiger partial charge on any atom is -0.316 e. The largest absolute Gasteiger partial charge is 0.316 e. The number of aromatic amines is 1. The average molecular weight is 271 g/mol. The number of hydrogen-bond acceptors (Lipinski definition) is 5. The number of rotatable bonds is 4. The number of nitrogens with zero attached hydrogens (tertiary/aromatic N) is 6. The Morgan fingerprint density at radius 2 is 2.10 bits per heavy atom. The molecule has 0 saturated carbocycles. The fourth-order valence-electron chi connectivity index (χ4n) is 2.39. The van der Waals surface area contributed by atoms with Gasteiger partial charge in [-0.1, -0.05) is 12.1 Å². The molecule has 0 atom stereocenters. The molecular weight excluding hydrogens is 254 g/mol. The van der Waals surface area contributed by atoms with Crippen LogP contribution in [-0.4, -0.2) is 35.2 Å². The molecule has 0 amide bonds. The lowest BCUT2D eigenvalue weighted by atomic mass is 10.1. The molecule has 1 N–H and O–H groups in total. The van der Waals surface area contributed by atoms with Gasteiger partial charge in [0, 0.05) is 25.6 Å². The number of fused-ring (bicyclic) bond motifs is 1. The highest BCUT2D eigenvalue weighted by Gasteiger charge is 2.12. The standard InChI is InChI=1S/C13H17N7/c1-4-11-15-12-8(2)7-9(14-13(12)20(11)3)5-6-10-16-18-19-17-10/h7H,4-6H2,1-3H3,(H,16,17,18,19). The van der Waals surface area contributed by atoms with Crippen LogP contribution in [0.1, 0.15) is 29.8 Å². The molecule has 20 heavy (non-hydrogen) atoms. The predicted octanol–water partition coefficient (Wildman–Crippen LogP) is 1.14. The number of nitrogens with one attached hydrogen (secondary N) is 1. The van der Waals surface area contributed by atoms with E-state index in [1.165, 1.54) is 0 Å². The zero-order chi connectivity index (χ0) is 14.1. The molecule has 0 aromatic carbocycles. The fraction of sp³-hybridized carbons (Fsp3) is 0.462. The maximum Gasteiger partial charge on any atom is 0.174 e. The Balaban J connectivity index is 1.94. The summed E-state index contributed by atoms with van der Waals surface area (Å²) in [5.41, 5.74) is 4.14. The maximum atomic E-state index is 4.72. The van der Waals surface area contributed by atoms with Gasteiger partial charge in [-0.3, -0.25) is 0 Å². The molecule has 0 aliphatic carbocycles. The molecule has 0 aliphatic rings. The van der Waals surface area contributed by atoms with E-state index in [-0.39, 0.29) is 0 Å². The van der Waals surface area contributed by atoms with E-state index in [1.807, 2.05) is 7.05 Å². The van der Waals surface area contributed by atoms with E-state index in [1.54, 1.807) is 0 Å². The van der Waals surface area contributed by atoms with Crippen molar-refractivity contribution in [1.29, 1.82) is 0 Å². The Labute approximate surface area is 116 Å². The first-order valence-corrected chi connectivity index (χ1v) is 6.73. The van der Waals surface area contributed by atoms with Gasteiger partial charge in [0.2, 0.25) is 0 Å². The van der Waals surface area contributed by atoms with Crippen LogP contribution in [0.5, 0.6) is 0 Å². The summed E-state index contributed by atoms with van der Waals surface area (Å²) in [6, 6.07) is 2.09. The molecule has 104 valence electrons. The highest BCUT2D eigenvalue weighted by molar-refractivity contribution is 5.75. The summed E-state index contributed by atoms with van der Waals surface area (Å²) in [5.74, 6) is 1.77. The molecular formula is C13H17N7. The second kappa shape index (κ2) is 4.99. The van der Waals surface area contributed by atoms with Gasteiger partial charge in [0.15, 0.2) is 11.5 Å². The molecule has 3 aromatic heterocycles. The number of hydrogen-bond donors (Lipinski definition) is 1. The Kier molecular flexibility index (Phi) is 3.17. The monoisotopic (exact) mass is 271 g/mol. The molecule has 0 aliphatic heterocycles. The second-order valence-electron chi connectivity index (χ2n) is 4.87. The first-order valence-electron chi connectivity index (χ1n) is 6.73. The summed E-state index contributed by atoms with van der Waals surface area (Å²) in [5, 5.41) is 13.9. The van der Waals surface area contributed by atoms with Gasteiger partial charge in [-0.2, -0.15) is 5.21 Å². The van der Waals surface area contributed by atoms with Gasteiger partial charge < -0.3 is 4.57 Å². The zero-order valence-corrected chi connectivity index (χ0v) is 11.9. The van der Waals surface area contributed by atoms with Crippen LogP contribution >= 0.6 is 0 Å². The van der Waals surface area contributed by atoms with E-state index < -0.39 is 0 Å². The van der Waals surface area contributed by atoms with E-state index in [0.29, 0.717) is 5.82 Å². The number of aryl methyl sites for hydroxylation is 5. The topological polar surface area (TPSA) is 85.2 Å². The number of imidazole rings is 1. The molecule has 0 spiro atoms. The highest BCUT2D eigenvalue weighted by Crippen LogP contribution is 2.19. The summed E-state index contributed by atoms with van der Waals surface area (Å²) in [6.45, 7) is 4.18. The molecule has 3 heterocycles. The van der Waals surface area contributed by atoms with Crippen LogP contribution in [0, 0.1) is 6.92 Å². The molecule has 7 heteroatoms. The van der Waals surface area contributed by atoms with Gasteiger partial charge in [-0.25, -0.2) is 9.97 Å². The van der Waals surface area contributed by atoms with Crippen molar-refractivity contribution in [2.45, 2.75) is 33.1 Å². The van der Waals surface area contributed by atoms with Crippen molar-refractivity contribution >= 4 is 11.2 Å². The number of tetrazole rings is 1. The molecule has 3 rings (SSSR count). The molecule has 0 unspecified atom stereocenters. The summed E-state index contributed by atoms with van der Waals surface area (Å²) in [7, 11) is 2.02. The van der Waals surface area contributed by atoms with Crippen LogP contribution in [0.3, 0.4) is 0 Å². The zero-order valence-electron chi connectivity index (χ0n) is 11.9. The average Bonchev–Trinajstić information content (AvgIpc) is 3.05. The Morgan fingerprint density at radius 1 is 1.25 bits per heavy atom. The van der Waals surface area contributed by atoms with Crippen molar-refractivity contribution in [2.24, 2.45) is 7.05 Å². The van der Waals surface area contributed by atoms with E-state index in [4.69, 9.17) is 4.98 Å². The molecule has 0 radical (unpaired) electrons. The van der Waals surface area contributed by atoms with E-state index in [2.05, 4.69) is 50.1 Å². The van der Waals surface area contributed by atoms with Crippen LogP contribution in [-0.2, 0) is 26.3 Å². The van der Waals surface area contributed by atoms with E-state index in [9.17, 15) is 0 Å². The minimum atomic E-state index is 0.712. The lowest BCUT2D eigenvalue weighted by Crippen LogP contribution is -2.00. The van der Waals surface area contributed by atoms with Gasteiger partial charge in [-0.05, 0) is 25.0 Å². The molecule has 0 fully saturated rings. The first-order chi connectivity index (χ1) is 9.69. The van der Waals surface area contributed by atoms with E-state index in [0.717, 1.165) is 47.5 Å². The first kappa shape index (κ1) is 12.7. The van der Waals surface area contributed by atoms with Crippen molar-refractivity contribution in [2.75, 3.05) is 0 Å². The van der Waals surface area contributed by atoms with Gasteiger partial charge >= 0.3 is 0 Å². The molecule has 7 nitrogen and oxygen atoms in total. The van der Waals surface area contributed by atoms with Gasteiger partial charge in [-0.15, -0.1) is 10.2 Å². The lowest BCUT2D eigenvalue weighted by molar-refractivity contribution is 0.809. The fourth-order valence-corrected chi connectivity index (χ4v) is 2.39. The second-order valence-corrected chi connectivity index (χ2v) is 4.87. The van der Waals surface area contributed by atoms with Crippen LogP contribution in [0.2, 0.25) is 0 Å². The van der Waals surface area contributed by atoms with Crippen LogP contribution in [0.15, 0.2) is 6.07 Å². The third-order valence-corrected chi connectivity index (χ3v) is 3.47. The van der Waals surface area contributed by atoms with Crippen LogP contribution < -0.4 is 0 Å². The maximum absolute atomic E-state index is 4.72. The Morgan fingerprint density at radius 3 is 2.80 bits per heavy atom. The van der Waals surface area contributed by atoms with Crippen LogP contribution in [0.4, 0.5) is 0 Å². The smallest absolute Gasteiger partial charge is 0.174 e. The minimum absolute atomic E-state index is 0.712. The predicted molar refractivity (Wildman–Crippen MR) is 74.2 cm³/mol. The third kappa shape index (κ3) is 2.15. The lowest BCUT2D eigenvalue weighted by Gasteiger charge is -2.03. The van der Waals surface area contributed by atoms with Gasteiger partial charge in [0.05, 0.1) is 0 Å². The van der Waals surface area contributed by atoms with Crippen molar-refractivity contribution in [3.63, 3.8) is 0 Å². The van der Waals surface area contributed by atoms with E-state index >= 15 is 0 Å². The summed E-state index contributed by atoms with van der Waals surface area (Å²) in [4.78, 5) is 9.36. The summed E-state index contributed by atoms with van der Waals surface area (Å²) in [6.07, 6.45) is 2.43. The highest BCUT2D eigenvalue weighted by atomic mass is 15.5. The normalized spacial score (nSPS) is 11.3. The number of aromatic nitrogens is 7. The van der Waals surface area contributed by atoms with Crippen molar-refractivity contribution in [3.05, 3.63) is 29.0 Å².